The molecule has 1 aromatic rings. The molecule has 0 aliphatic rings. The van der Waals surface area contributed by atoms with Crippen LogP contribution in [0.15, 0.2) is 22.7 Å². The predicted molar refractivity (Wildman–Crippen MR) is 67.8 cm³/mol. The van der Waals surface area contributed by atoms with Crippen LogP contribution < -0.4 is 5.32 Å². The normalized spacial score (nSPS) is 9.82. The van der Waals surface area contributed by atoms with Crippen LogP contribution in [0.2, 0.25) is 0 Å². The summed E-state index contributed by atoms with van der Waals surface area (Å²) in [7, 11) is 1.54. The number of ether oxygens (including phenoxy) is 1. The Morgan fingerprint density at radius 2 is 2.12 bits per heavy atom. The zero-order valence-corrected chi connectivity index (χ0v) is 11.3. The molecular weight excluding hydrogens is 286 g/mol. The first kappa shape index (κ1) is 13.7. The number of benzene rings is 1. The molecule has 0 fully saturated rings. The summed E-state index contributed by atoms with van der Waals surface area (Å²) in [5, 5.41) is 2.46. The average molecular weight is 300 g/mol. The van der Waals surface area contributed by atoms with E-state index < -0.39 is 5.97 Å². The Hall–Kier alpha value is -1.36. The summed E-state index contributed by atoms with van der Waals surface area (Å²) in [5.41, 5.74) is 1.36. The minimum atomic E-state index is -0.410. The highest BCUT2D eigenvalue weighted by atomic mass is 79.9. The van der Waals surface area contributed by atoms with E-state index in [0.717, 1.165) is 10.0 Å². The molecule has 0 aliphatic heterocycles. The topological polar surface area (TPSA) is 55.4 Å². The van der Waals surface area contributed by atoms with Crippen molar-refractivity contribution in [3.63, 3.8) is 0 Å². The van der Waals surface area contributed by atoms with Gasteiger partial charge < -0.3 is 10.1 Å². The van der Waals surface area contributed by atoms with Gasteiger partial charge in [0.05, 0.1) is 12.0 Å². The Balaban J connectivity index is 2.58. The average Bonchev–Trinajstić information content (AvgIpc) is 2.31. The SMILES string of the molecule is CNC(=O)CCOC(=O)c1cc(Br)ccc1C. The number of halogens is 1. The number of rotatable bonds is 4. The van der Waals surface area contributed by atoms with Crippen LogP contribution in [0.25, 0.3) is 0 Å². The number of carbonyl (C=O) groups is 2. The van der Waals surface area contributed by atoms with Crippen LogP contribution in [0.3, 0.4) is 0 Å². The van der Waals surface area contributed by atoms with Crippen molar-refractivity contribution in [1.29, 1.82) is 0 Å². The monoisotopic (exact) mass is 299 g/mol. The zero-order valence-electron chi connectivity index (χ0n) is 9.75. The lowest BCUT2D eigenvalue weighted by Crippen LogP contribution is -2.20. The zero-order chi connectivity index (χ0) is 12.8. The van der Waals surface area contributed by atoms with Gasteiger partial charge in [-0.05, 0) is 24.6 Å². The molecule has 0 bridgehead atoms. The predicted octanol–water partition coefficient (Wildman–Crippen LogP) is 2.05. The highest BCUT2D eigenvalue weighted by Crippen LogP contribution is 2.16. The molecule has 0 aromatic heterocycles. The lowest BCUT2D eigenvalue weighted by Gasteiger charge is -2.07. The second-order valence-corrected chi connectivity index (χ2v) is 4.43. The first-order valence-electron chi connectivity index (χ1n) is 5.18. The molecule has 0 unspecified atom stereocenters. The van der Waals surface area contributed by atoms with Crippen LogP contribution >= 0.6 is 15.9 Å². The van der Waals surface area contributed by atoms with E-state index in [0.29, 0.717) is 5.56 Å². The van der Waals surface area contributed by atoms with E-state index in [4.69, 9.17) is 4.74 Å². The fourth-order valence-corrected chi connectivity index (χ4v) is 1.61. The number of carbonyl (C=O) groups excluding carboxylic acids is 2. The summed E-state index contributed by atoms with van der Waals surface area (Å²) in [4.78, 5) is 22.7. The van der Waals surface area contributed by atoms with Crippen LogP contribution in [0, 0.1) is 6.92 Å². The number of aryl methyl sites for hydroxylation is 1. The fourth-order valence-electron chi connectivity index (χ4n) is 1.25. The Kier molecular flexibility index (Phi) is 5.15. The fraction of sp³-hybridized carbons (Fsp3) is 0.333. The van der Waals surface area contributed by atoms with Gasteiger partial charge in [-0.2, -0.15) is 0 Å². The van der Waals surface area contributed by atoms with Crippen LogP contribution in [-0.2, 0) is 9.53 Å². The van der Waals surface area contributed by atoms with E-state index in [1.54, 1.807) is 13.1 Å². The number of esters is 1. The first-order valence-corrected chi connectivity index (χ1v) is 5.97. The summed E-state index contributed by atoms with van der Waals surface area (Å²) in [5.74, 6) is -0.559. The van der Waals surface area contributed by atoms with Crippen LogP contribution in [0.1, 0.15) is 22.3 Å². The third-order valence-electron chi connectivity index (χ3n) is 2.26. The molecule has 0 heterocycles. The van der Waals surface area contributed by atoms with Crippen LogP contribution in [-0.4, -0.2) is 25.5 Å². The second kappa shape index (κ2) is 6.39. The maximum absolute atomic E-state index is 11.7. The quantitative estimate of drug-likeness (QED) is 0.866. The third kappa shape index (κ3) is 4.19. The molecular formula is C12H14BrNO3. The van der Waals surface area contributed by atoms with Crippen molar-refractivity contribution in [2.24, 2.45) is 0 Å². The van der Waals surface area contributed by atoms with Gasteiger partial charge in [0.25, 0.3) is 0 Å². The van der Waals surface area contributed by atoms with Gasteiger partial charge in [0.2, 0.25) is 5.91 Å². The van der Waals surface area contributed by atoms with Crippen molar-refractivity contribution in [2.45, 2.75) is 13.3 Å². The van der Waals surface area contributed by atoms with E-state index in [1.807, 2.05) is 19.1 Å². The van der Waals surface area contributed by atoms with Crippen LogP contribution in [0.4, 0.5) is 0 Å². The summed E-state index contributed by atoms with van der Waals surface area (Å²) < 4.78 is 5.84. The Bertz CT molecular complexity index is 432. The standard InChI is InChI=1S/C12H14BrNO3/c1-8-3-4-9(13)7-10(8)12(16)17-6-5-11(15)14-2/h3-4,7H,5-6H2,1-2H3,(H,14,15). The third-order valence-corrected chi connectivity index (χ3v) is 2.75. The molecule has 1 aromatic carbocycles. The molecule has 1 amide bonds. The van der Waals surface area contributed by atoms with Gasteiger partial charge in [-0.1, -0.05) is 22.0 Å². The first-order chi connectivity index (χ1) is 8.04. The molecule has 17 heavy (non-hydrogen) atoms. The second-order valence-electron chi connectivity index (χ2n) is 3.52. The molecule has 0 atom stereocenters. The van der Waals surface area contributed by atoms with Crippen molar-refractivity contribution in [3.8, 4) is 0 Å². The van der Waals surface area contributed by atoms with Crippen molar-refractivity contribution >= 4 is 27.8 Å². The largest absolute Gasteiger partial charge is 0.462 e. The van der Waals surface area contributed by atoms with Gasteiger partial charge >= 0.3 is 5.97 Å². The number of amides is 1. The summed E-state index contributed by atoms with van der Waals surface area (Å²) in [6.45, 7) is 1.92. The molecule has 92 valence electrons. The Morgan fingerprint density at radius 1 is 1.41 bits per heavy atom. The van der Waals surface area contributed by atoms with Crippen molar-refractivity contribution < 1.29 is 14.3 Å². The maximum atomic E-state index is 11.7. The van der Waals surface area contributed by atoms with E-state index >= 15 is 0 Å². The minimum absolute atomic E-state index is 0.0878. The number of hydrogen-bond acceptors (Lipinski definition) is 3. The smallest absolute Gasteiger partial charge is 0.338 e. The molecule has 0 saturated carbocycles. The lowest BCUT2D eigenvalue weighted by molar-refractivity contribution is -0.121. The molecule has 5 heteroatoms. The molecule has 0 saturated heterocycles. The lowest BCUT2D eigenvalue weighted by atomic mass is 10.1. The number of hydrogen-bond donors (Lipinski definition) is 1. The van der Waals surface area contributed by atoms with Gasteiger partial charge in [-0.3, -0.25) is 4.79 Å². The minimum Gasteiger partial charge on any atom is -0.462 e. The molecule has 0 radical (unpaired) electrons. The van der Waals surface area contributed by atoms with E-state index in [9.17, 15) is 9.59 Å². The Morgan fingerprint density at radius 3 is 2.76 bits per heavy atom. The number of nitrogens with one attached hydrogen (secondary N) is 1. The van der Waals surface area contributed by atoms with Gasteiger partial charge in [-0.25, -0.2) is 4.79 Å². The van der Waals surface area contributed by atoms with Crippen molar-refractivity contribution in [1.82, 2.24) is 5.32 Å². The van der Waals surface area contributed by atoms with E-state index in [-0.39, 0.29) is 18.9 Å². The molecule has 4 nitrogen and oxygen atoms in total. The molecule has 1 N–H and O–H groups in total. The summed E-state index contributed by atoms with van der Waals surface area (Å²) in [6.07, 6.45) is 0.176. The molecule has 0 spiro atoms. The van der Waals surface area contributed by atoms with E-state index in [1.165, 1.54) is 0 Å². The highest BCUT2D eigenvalue weighted by molar-refractivity contribution is 9.10. The Labute approximate surface area is 108 Å². The van der Waals surface area contributed by atoms with Crippen LogP contribution in [0.5, 0.6) is 0 Å². The highest BCUT2D eigenvalue weighted by Gasteiger charge is 2.11. The molecule has 1 rings (SSSR count). The van der Waals surface area contributed by atoms with Gasteiger partial charge in [0, 0.05) is 11.5 Å². The van der Waals surface area contributed by atoms with Crippen molar-refractivity contribution in [3.05, 3.63) is 33.8 Å². The van der Waals surface area contributed by atoms with E-state index in [2.05, 4.69) is 21.2 Å². The summed E-state index contributed by atoms with van der Waals surface area (Å²) in [6, 6.07) is 5.40. The molecule has 0 aliphatic carbocycles. The summed E-state index contributed by atoms with van der Waals surface area (Å²) >= 11 is 3.30. The van der Waals surface area contributed by atoms with Gasteiger partial charge in [0.1, 0.15) is 6.61 Å². The maximum Gasteiger partial charge on any atom is 0.338 e. The van der Waals surface area contributed by atoms with Crippen molar-refractivity contribution in [2.75, 3.05) is 13.7 Å². The van der Waals surface area contributed by atoms with Gasteiger partial charge in [0.15, 0.2) is 0 Å². The van der Waals surface area contributed by atoms with Gasteiger partial charge in [-0.15, -0.1) is 0 Å².